The molecule has 3 atom stereocenters. The zero-order chi connectivity index (χ0) is 17.6. The van der Waals surface area contributed by atoms with Gasteiger partial charge in [-0.15, -0.1) is 0 Å². The monoisotopic (exact) mass is 367 g/mol. The number of hydrazine groups is 1. The van der Waals surface area contributed by atoms with E-state index in [1.807, 2.05) is 26.0 Å². The van der Waals surface area contributed by atoms with Crippen LogP contribution in [0.1, 0.15) is 43.9 Å². The number of ether oxygens (including phenoxy) is 2. The third kappa shape index (κ3) is 3.12. The fourth-order valence-corrected chi connectivity index (χ4v) is 6.15. The number of benzene rings is 1. The van der Waals surface area contributed by atoms with Gasteiger partial charge in [0, 0.05) is 18.1 Å². The quantitative estimate of drug-likeness (QED) is 0.739. The summed E-state index contributed by atoms with van der Waals surface area (Å²) in [6, 6.07) is 3.46. The van der Waals surface area contributed by atoms with Crippen LogP contribution in [0.2, 0.25) is 0 Å². The number of sulfonamides is 1. The van der Waals surface area contributed by atoms with Crippen molar-refractivity contribution in [3.05, 3.63) is 23.3 Å². The topological polar surface area (TPSA) is 88.7 Å². The molecule has 2 aliphatic heterocycles. The van der Waals surface area contributed by atoms with Crippen LogP contribution in [0.15, 0.2) is 12.1 Å². The highest BCUT2D eigenvalue weighted by Gasteiger charge is 2.41. The molecular weight excluding hydrogens is 342 g/mol. The zero-order valence-electron chi connectivity index (χ0n) is 14.5. The van der Waals surface area contributed by atoms with Gasteiger partial charge in [0.25, 0.3) is 0 Å². The Bertz CT molecular complexity index is 757. The Morgan fingerprint density at radius 1 is 1.08 bits per heavy atom. The van der Waals surface area contributed by atoms with Gasteiger partial charge >= 0.3 is 0 Å². The van der Waals surface area contributed by atoms with E-state index >= 15 is 0 Å². The number of fused-ring (bicyclic) bond motifs is 2. The van der Waals surface area contributed by atoms with E-state index in [-0.39, 0.29) is 18.1 Å². The Kier molecular flexibility index (Phi) is 4.39. The summed E-state index contributed by atoms with van der Waals surface area (Å²) in [5.74, 6) is 1.47. The van der Waals surface area contributed by atoms with Crippen molar-refractivity contribution >= 4 is 10.0 Å². The van der Waals surface area contributed by atoms with E-state index in [4.69, 9.17) is 9.47 Å². The first-order chi connectivity index (χ1) is 12.0. The highest BCUT2D eigenvalue weighted by Crippen LogP contribution is 2.40. The van der Waals surface area contributed by atoms with Crippen LogP contribution < -0.4 is 25.0 Å². The Balaban J connectivity index is 1.62. The molecule has 1 aromatic carbocycles. The van der Waals surface area contributed by atoms with Crippen molar-refractivity contribution in [2.75, 3.05) is 13.2 Å². The third-order valence-electron chi connectivity index (χ3n) is 5.31. The standard InChI is InChI=1S/C17H25N3O4S/c1-10-17(11(2)19-18-10)25(21,22)20-14-5-3-4-12-8-15-16(9-13(12)14)24-7-6-23-15/h8-11,14,17-20H,3-7H2,1-2H3. The summed E-state index contributed by atoms with van der Waals surface area (Å²) in [6.45, 7) is 4.85. The minimum Gasteiger partial charge on any atom is -0.486 e. The lowest BCUT2D eigenvalue weighted by molar-refractivity contribution is 0.171. The van der Waals surface area contributed by atoms with E-state index in [2.05, 4.69) is 15.6 Å². The van der Waals surface area contributed by atoms with Gasteiger partial charge < -0.3 is 9.47 Å². The lowest BCUT2D eigenvalue weighted by Crippen LogP contribution is -2.46. The molecule has 0 amide bonds. The minimum atomic E-state index is -3.47. The third-order valence-corrected chi connectivity index (χ3v) is 7.45. The van der Waals surface area contributed by atoms with E-state index in [1.54, 1.807) is 0 Å². The number of nitrogens with one attached hydrogen (secondary N) is 3. The van der Waals surface area contributed by atoms with Crippen molar-refractivity contribution in [3.8, 4) is 11.5 Å². The maximum Gasteiger partial charge on any atom is 0.218 e. The van der Waals surface area contributed by atoms with Gasteiger partial charge in [0.1, 0.15) is 18.5 Å². The van der Waals surface area contributed by atoms with E-state index in [0.717, 1.165) is 36.1 Å². The Morgan fingerprint density at radius 3 is 2.40 bits per heavy atom. The maximum absolute atomic E-state index is 13.0. The van der Waals surface area contributed by atoms with Gasteiger partial charge in [0.2, 0.25) is 10.0 Å². The van der Waals surface area contributed by atoms with E-state index < -0.39 is 15.3 Å². The Hall–Kier alpha value is -1.35. The highest BCUT2D eigenvalue weighted by atomic mass is 32.2. The van der Waals surface area contributed by atoms with Crippen LogP contribution in [0.3, 0.4) is 0 Å². The summed E-state index contributed by atoms with van der Waals surface area (Å²) >= 11 is 0. The molecule has 8 heteroatoms. The van der Waals surface area contributed by atoms with Gasteiger partial charge in [-0.1, -0.05) is 0 Å². The second kappa shape index (κ2) is 6.42. The molecule has 25 heavy (non-hydrogen) atoms. The fraction of sp³-hybridized carbons (Fsp3) is 0.647. The van der Waals surface area contributed by atoms with Gasteiger partial charge in [0.15, 0.2) is 11.5 Å². The van der Waals surface area contributed by atoms with Crippen LogP contribution >= 0.6 is 0 Å². The van der Waals surface area contributed by atoms with Crippen LogP contribution in [0, 0.1) is 0 Å². The number of hydrogen-bond acceptors (Lipinski definition) is 6. The smallest absolute Gasteiger partial charge is 0.218 e. The predicted octanol–water partition coefficient (Wildman–Crippen LogP) is 1.01. The molecule has 138 valence electrons. The summed E-state index contributed by atoms with van der Waals surface area (Å²) in [5.41, 5.74) is 8.19. The van der Waals surface area contributed by atoms with Crippen molar-refractivity contribution in [2.45, 2.75) is 56.5 Å². The minimum absolute atomic E-state index is 0.143. The van der Waals surface area contributed by atoms with Gasteiger partial charge in [-0.3, -0.25) is 10.9 Å². The number of rotatable bonds is 3. The summed E-state index contributed by atoms with van der Waals surface area (Å²) in [7, 11) is -3.47. The predicted molar refractivity (Wildman–Crippen MR) is 94.1 cm³/mol. The first-order valence-corrected chi connectivity index (χ1v) is 10.4. The number of hydrogen-bond donors (Lipinski definition) is 3. The molecule has 0 radical (unpaired) electrons. The molecule has 0 bridgehead atoms. The summed E-state index contributed by atoms with van der Waals surface area (Å²) < 4.78 is 40.2. The largest absolute Gasteiger partial charge is 0.486 e. The molecule has 1 fully saturated rings. The van der Waals surface area contributed by atoms with E-state index in [9.17, 15) is 8.42 Å². The molecule has 3 unspecified atom stereocenters. The highest BCUT2D eigenvalue weighted by molar-refractivity contribution is 7.90. The van der Waals surface area contributed by atoms with Crippen molar-refractivity contribution in [3.63, 3.8) is 0 Å². The van der Waals surface area contributed by atoms with Crippen LogP contribution in [-0.2, 0) is 16.4 Å². The molecule has 1 aromatic rings. The average molecular weight is 367 g/mol. The molecule has 0 spiro atoms. The van der Waals surface area contributed by atoms with Crippen LogP contribution in [0.4, 0.5) is 0 Å². The molecule has 4 rings (SSSR count). The van der Waals surface area contributed by atoms with Gasteiger partial charge in [-0.05, 0) is 56.4 Å². The maximum atomic E-state index is 13.0. The van der Waals surface area contributed by atoms with Crippen molar-refractivity contribution in [2.24, 2.45) is 0 Å². The molecule has 0 saturated carbocycles. The Morgan fingerprint density at radius 2 is 1.72 bits per heavy atom. The van der Waals surface area contributed by atoms with Crippen molar-refractivity contribution in [1.29, 1.82) is 0 Å². The summed E-state index contributed by atoms with van der Waals surface area (Å²) in [6.07, 6.45) is 2.68. The number of aryl methyl sites for hydroxylation is 1. The second-order valence-corrected chi connectivity index (χ2v) is 9.00. The SMILES string of the molecule is CC1NNC(C)C1S(=O)(=O)NC1CCCc2cc3c(cc21)OCCO3. The van der Waals surface area contributed by atoms with Crippen LogP contribution in [0.5, 0.6) is 11.5 Å². The van der Waals surface area contributed by atoms with Gasteiger partial charge in [-0.25, -0.2) is 13.1 Å². The van der Waals surface area contributed by atoms with E-state index in [0.29, 0.717) is 19.0 Å². The van der Waals surface area contributed by atoms with Gasteiger partial charge in [0.05, 0.1) is 0 Å². The second-order valence-electron chi connectivity index (χ2n) is 7.13. The lowest BCUT2D eigenvalue weighted by Gasteiger charge is -2.30. The van der Waals surface area contributed by atoms with Crippen molar-refractivity contribution in [1.82, 2.24) is 15.6 Å². The Labute approximate surface area is 148 Å². The molecule has 1 saturated heterocycles. The average Bonchev–Trinajstić information content (AvgIpc) is 2.92. The molecule has 0 aromatic heterocycles. The first-order valence-electron chi connectivity index (χ1n) is 8.90. The van der Waals surface area contributed by atoms with Crippen molar-refractivity contribution < 1.29 is 17.9 Å². The molecule has 3 aliphatic rings. The van der Waals surface area contributed by atoms with Crippen LogP contribution in [-0.4, -0.2) is 39.0 Å². The zero-order valence-corrected chi connectivity index (χ0v) is 15.4. The van der Waals surface area contributed by atoms with Crippen LogP contribution in [0.25, 0.3) is 0 Å². The molecule has 2 heterocycles. The summed E-state index contributed by atoms with van der Waals surface area (Å²) in [4.78, 5) is 0. The lowest BCUT2D eigenvalue weighted by atomic mass is 9.88. The van der Waals surface area contributed by atoms with E-state index in [1.165, 1.54) is 0 Å². The molecular formula is C17H25N3O4S. The fourth-order valence-electron chi connectivity index (χ4n) is 4.14. The molecule has 7 nitrogen and oxygen atoms in total. The molecule has 1 aliphatic carbocycles. The van der Waals surface area contributed by atoms with Gasteiger partial charge in [-0.2, -0.15) is 0 Å². The first kappa shape index (κ1) is 17.1. The normalized spacial score (nSPS) is 31.6. The summed E-state index contributed by atoms with van der Waals surface area (Å²) in [5, 5.41) is -0.505. The molecule has 3 N–H and O–H groups in total.